The van der Waals surface area contributed by atoms with Gasteiger partial charge in [0.15, 0.2) is 11.6 Å². The molecule has 1 aromatic heterocycles. The standard InChI is InChI=1S/C25H23F2N5O2/c1-28-22-5-3-16(8-20(22)26)25-19(15-4-6-23(34-2)21(27)7-15)13-32(30-25)14-24(33)31-11-17-9-29-10-18(17)12-31/h3-8,13,17-18,29H,9-12,14H2,2H3. The Hall–Kier alpha value is -3.77. The van der Waals surface area contributed by atoms with Crippen LogP contribution in [0.25, 0.3) is 27.2 Å². The number of rotatable bonds is 5. The van der Waals surface area contributed by atoms with Crippen LogP contribution in [0.5, 0.6) is 5.75 Å². The number of aromatic nitrogens is 2. The number of benzene rings is 2. The van der Waals surface area contributed by atoms with Gasteiger partial charge in [0.2, 0.25) is 11.6 Å². The lowest BCUT2D eigenvalue weighted by Gasteiger charge is -2.17. The van der Waals surface area contributed by atoms with Crippen molar-refractivity contribution in [2.24, 2.45) is 11.8 Å². The Morgan fingerprint density at radius 3 is 2.50 bits per heavy atom. The van der Waals surface area contributed by atoms with Gasteiger partial charge < -0.3 is 15.0 Å². The third kappa shape index (κ3) is 4.01. The van der Waals surface area contributed by atoms with Crippen LogP contribution in [-0.2, 0) is 11.3 Å². The van der Waals surface area contributed by atoms with Crippen molar-refractivity contribution in [1.82, 2.24) is 20.0 Å². The summed E-state index contributed by atoms with van der Waals surface area (Å²) < 4.78 is 35.4. The maximum Gasteiger partial charge on any atom is 0.244 e. The first-order valence-corrected chi connectivity index (χ1v) is 11.0. The molecule has 0 saturated carbocycles. The maximum atomic E-state index is 14.5. The van der Waals surface area contributed by atoms with Crippen molar-refractivity contribution in [1.29, 1.82) is 0 Å². The van der Waals surface area contributed by atoms with Crippen molar-refractivity contribution >= 4 is 11.6 Å². The number of hydrogen-bond acceptors (Lipinski definition) is 4. The number of amides is 1. The fourth-order valence-electron chi connectivity index (χ4n) is 4.80. The Morgan fingerprint density at radius 1 is 1.15 bits per heavy atom. The molecule has 2 saturated heterocycles. The number of fused-ring (bicyclic) bond motifs is 1. The van der Waals surface area contributed by atoms with E-state index >= 15 is 0 Å². The Kier molecular flexibility index (Phi) is 5.75. The fourth-order valence-corrected chi connectivity index (χ4v) is 4.80. The fraction of sp³-hybridized carbons (Fsp3) is 0.320. The second kappa shape index (κ2) is 8.88. The van der Waals surface area contributed by atoms with Crippen molar-refractivity contribution in [2.45, 2.75) is 6.54 Å². The van der Waals surface area contributed by atoms with Crippen molar-refractivity contribution < 1.29 is 18.3 Å². The van der Waals surface area contributed by atoms with Crippen LogP contribution in [0.3, 0.4) is 0 Å². The van der Waals surface area contributed by atoms with E-state index in [0.717, 1.165) is 26.2 Å². The van der Waals surface area contributed by atoms with E-state index in [4.69, 9.17) is 11.3 Å². The summed E-state index contributed by atoms with van der Waals surface area (Å²) in [5.74, 6) is -0.165. The average molecular weight is 463 g/mol. The molecule has 3 aromatic rings. The number of carbonyl (C=O) groups excluding carboxylic acids is 1. The van der Waals surface area contributed by atoms with Crippen molar-refractivity contribution in [3.8, 4) is 28.1 Å². The van der Waals surface area contributed by atoms with Crippen molar-refractivity contribution in [3.63, 3.8) is 0 Å². The second-order valence-electron chi connectivity index (χ2n) is 8.69. The number of nitrogens with zero attached hydrogens (tertiary/aromatic N) is 4. The summed E-state index contributed by atoms with van der Waals surface area (Å²) in [5, 5.41) is 7.93. The first kappa shape index (κ1) is 22.0. The molecule has 2 aromatic carbocycles. The van der Waals surface area contributed by atoms with Gasteiger partial charge in [-0.2, -0.15) is 5.10 Å². The summed E-state index contributed by atoms with van der Waals surface area (Å²) in [5.41, 5.74) is 1.80. The number of likely N-dealkylation sites (tertiary alicyclic amines) is 1. The van der Waals surface area contributed by atoms with Gasteiger partial charge in [-0.15, -0.1) is 0 Å². The van der Waals surface area contributed by atoms with Gasteiger partial charge in [-0.05, 0) is 35.6 Å². The minimum atomic E-state index is -0.665. The van der Waals surface area contributed by atoms with Crippen LogP contribution in [0.15, 0.2) is 42.6 Å². The monoisotopic (exact) mass is 463 g/mol. The van der Waals surface area contributed by atoms with E-state index in [1.165, 1.54) is 36.1 Å². The van der Waals surface area contributed by atoms with Crippen molar-refractivity contribution in [3.05, 3.63) is 65.6 Å². The number of hydrogen-bond donors (Lipinski definition) is 1. The van der Waals surface area contributed by atoms with Gasteiger partial charge in [-0.3, -0.25) is 9.48 Å². The minimum absolute atomic E-state index is 0.0289. The van der Waals surface area contributed by atoms with Crippen LogP contribution in [0.2, 0.25) is 0 Å². The van der Waals surface area contributed by atoms with Gasteiger partial charge in [0.05, 0.1) is 13.7 Å². The summed E-state index contributed by atoms with van der Waals surface area (Å²) in [6.07, 6.45) is 1.67. The lowest BCUT2D eigenvalue weighted by atomic mass is 10.0. The molecule has 0 radical (unpaired) electrons. The highest BCUT2D eigenvalue weighted by molar-refractivity contribution is 5.82. The zero-order chi connectivity index (χ0) is 23.8. The van der Waals surface area contributed by atoms with Crippen LogP contribution in [0.4, 0.5) is 14.5 Å². The van der Waals surface area contributed by atoms with Crippen molar-refractivity contribution in [2.75, 3.05) is 33.3 Å². The lowest BCUT2D eigenvalue weighted by molar-refractivity contribution is -0.131. The third-order valence-corrected chi connectivity index (χ3v) is 6.61. The van der Waals surface area contributed by atoms with Gasteiger partial charge in [0.1, 0.15) is 18.1 Å². The Morgan fingerprint density at radius 2 is 1.85 bits per heavy atom. The molecule has 2 aliphatic heterocycles. The molecule has 174 valence electrons. The molecular weight excluding hydrogens is 440 g/mol. The van der Waals surface area contributed by atoms with Gasteiger partial charge >= 0.3 is 0 Å². The lowest BCUT2D eigenvalue weighted by Crippen LogP contribution is -2.34. The highest BCUT2D eigenvalue weighted by Crippen LogP contribution is 2.35. The van der Waals surface area contributed by atoms with E-state index in [2.05, 4.69) is 15.3 Å². The summed E-state index contributed by atoms with van der Waals surface area (Å²) >= 11 is 0. The Balaban J connectivity index is 1.49. The van der Waals surface area contributed by atoms with Gasteiger partial charge in [-0.1, -0.05) is 18.2 Å². The predicted octanol–water partition coefficient (Wildman–Crippen LogP) is 3.73. The van der Waals surface area contributed by atoms with E-state index in [1.54, 1.807) is 18.3 Å². The zero-order valence-corrected chi connectivity index (χ0v) is 18.6. The van der Waals surface area contributed by atoms with Crippen LogP contribution >= 0.6 is 0 Å². The molecule has 2 atom stereocenters. The van der Waals surface area contributed by atoms with E-state index < -0.39 is 11.6 Å². The SMILES string of the molecule is [C-]#[N+]c1ccc(-c2nn(CC(=O)N3CC4CNCC4C3)cc2-c2ccc(OC)c(F)c2)cc1F. The summed E-state index contributed by atoms with van der Waals surface area (Å²) in [6.45, 7) is 10.4. The number of carbonyl (C=O) groups is 1. The largest absolute Gasteiger partial charge is 0.494 e. The smallest absolute Gasteiger partial charge is 0.244 e. The molecule has 34 heavy (non-hydrogen) atoms. The first-order chi connectivity index (χ1) is 16.5. The van der Waals surface area contributed by atoms with E-state index in [1.807, 2.05) is 4.90 Å². The van der Waals surface area contributed by atoms with Crippen LogP contribution in [-0.4, -0.2) is 53.9 Å². The van der Waals surface area contributed by atoms with Gasteiger partial charge in [-0.25, -0.2) is 13.6 Å². The second-order valence-corrected chi connectivity index (χ2v) is 8.69. The molecule has 0 spiro atoms. The van der Waals surface area contributed by atoms with Gasteiger partial charge in [0, 0.05) is 43.5 Å². The number of ether oxygens (including phenoxy) is 1. The molecule has 1 N–H and O–H groups in total. The molecule has 2 aliphatic rings. The normalized spacial score (nSPS) is 19.2. The molecule has 9 heteroatoms. The summed E-state index contributed by atoms with van der Waals surface area (Å²) in [4.78, 5) is 18.0. The third-order valence-electron chi connectivity index (χ3n) is 6.61. The molecule has 3 heterocycles. The molecule has 0 bridgehead atoms. The molecular formula is C25H23F2N5O2. The summed E-state index contributed by atoms with van der Waals surface area (Å²) in [7, 11) is 1.39. The molecule has 2 fully saturated rings. The molecule has 5 rings (SSSR count). The predicted molar refractivity (Wildman–Crippen MR) is 122 cm³/mol. The van der Waals surface area contributed by atoms with E-state index in [0.29, 0.717) is 34.2 Å². The van der Waals surface area contributed by atoms with Crippen LogP contribution < -0.4 is 10.1 Å². The number of halogens is 2. The summed E-state index contributed by atoms with van der Waals surface area (Å²) in [6, 6.07) is 8.74. The number of methoxy groups -OCH3 is 1. The highest BCUT2D eigenvalue weighted by atomic mass is 19.1. The van der Waals surface area contributed by atoms with Crippen LogP contribution in [0.1, 0.15) is 0 Å². The average Bonchev–Trinajstić information content (AvgIpc) is 3.54. The maximum absolute atomic E-state index is 14.5. The van der Waals surface area contributed by atoms with Gasteiger partial charge in [0.25, 0.3) is 0 Å². The zero-order valence-electron chi connectivity index (χ0n) is 18.6. The topological polar surface area (TPSA) is 63.8 Å². The van der Waals surface area contributed by atoms with Crippen LogP contribution in [0, 0.1) is 30.0 Å². The molecule has 2 unspecified atom stereocenters. The molecule has 0 aliphatic carbocycles. The van der Waals surface area contributed by atoms with E-state index in [-0.39, 0.29) is 23.9 Å². The van der Waals surface area contributed by atoms with E-state index in [9.17, 15) is 13.6 Å². The highest BCUT2D eigenvalue weighted by Gasteiger charge is 2.38. The quantitative estimate of drug-likeness (QED) is 0.586. The first-order valence-electron chi connectivity index (χ1n) is 11.0. The number of nitrogens with one attached hydrogen (secondary N) is 1. The minimum Gasteiger partial charge on any atom is -0.494 e. The Bertz CT molecular complexity index is 1290. The molecule has 7 nitrogen and oxygen atoms in total. The molecule has 1 amide bonds. The Labute approximate surface area is 195 Å².